The molecule has 2 nitrogen and oxygen atoms in total. The van der Waals surface area contributed by atoms with Crippen LogP contribution >= 0.6 is 7.14 Å². The van der Waals surface area contributed by atoms with E-state index < -0.39 is 7.14 Å². The number of pyridine rings is 1. The monoisotopic (exact) mass is 406 g/mol. The van der Waals surface area contributed by atoms with Gasteiger partial charge in [0.2, 0.25) is 0 Å². The van der Waals surface area contributed by atoms with Crippen LogP contribution in [0.1, 0.15) is 110 Å². The highest BCUT2D eigenvalue weighted by Crippen LogP contribution is 2.68. The predicted octanol–water partition coefficient (Wildman–Crippen LogP) is 7.76. The van der Waals surface area contributed by atoms with E-state index in [1.807, 2.05) is 0 Å². The third-order valence-electron chi connectivity index (χ3n) is 6.68. The van der Waals surface area contributed by atoms with Crippen molar-refractivity contribution >= 4 is 7.14 Å². The minimum absolute atomic E-state index is 0.507. The first-order valence-electron chi connectivity index (χ1n) is 12.2. The van der Waals surface area contributed by atoms with Gasteiger partial charge in [0, 0.05) is 36.8 Å². The van der Waals surface area contributed by atoms with Crippen LogP contribution in [0, 0.1) is 0 Å². The molecular formula is C25H45NOP+. The molecule has 3 heteroatoms. The zero-order chi connectivity index (χ0) is 20.1. The molecule has 1 aliphatic heterocycles. The average molecular weight is 407 g/mol. The van der Waals surface area contributed by atoms with Gasteiger partial charge in [0.05, 0.1) is 7.14 Å². The van der Waals surface area contributed by atoms with E-state index in [9.17, 15) is 4.57 Å². The van der Waals surface area contributed by atoms with Crippen molar-refractivity contribution in [2.24, 2.45) is 0 Å². The number of aromatic nitrogens is 1. The number of hydrogen-bond acceptors (Lipinski definition) is 1. The summed E-state index contributed by atoms with van der Waals surface area (Å²) in [5.41, 5.74) is 0.507. The molecule has 2 rings (SSSR count). The van der Waals surface area contributed by atoms with Crippen molar-refractivity contribution in [3.8, 4) is 0 Å². The zero-order valence-electron chi connectivity index (χ0n) is 18.7. The predicted molar refractivity (Wildman–Crippen MR) is 123 cm³/mol. The fraction of sp³-hybridized carbons (Fsp3) is 0.800. The van der Waals surface area contributed by atoms with Crippen LogP contribution in [0.15, 0.2) is 30.6 Å². The van der Waals surface area contributed by atoms with Crippen LogP contribution in [0.4, 0.5) is 0 Å². The Hall–Kier alpha value is -0.620. The molecule has 28 heavy (non-hydrogen) atoms. The van der Waals surface area contributed by atoms with Crippen LogP contribution in [0.5, 0.6) is 0 Å². The molecule has 0 aliphatic carbocycles. The molecule has 0 radical (unpaired) electrons. The first kappa shape index (κ1) is 23.7. The third-order valence-corrected chi connectivity index (χ3v) is 10.1. The molecule has 1 fully saturated rings. The summed E-state index contributed by atoms with van der Waals surface area (Å²) in [5.74, 6) is 0. The van der Waals surface area contributed by atoms with Gasteiger partial charge < -0.3 is 4.57 Å². The van der Waals surface area contributed by atoms with Crippen molar-refractivity contribution in [3.63, 3.8) is 0 Å². The summed E-state index contributed by atoms with van der Waals surface area (Å²) < 4.78 is 14.9. The van der Waals surface area contributed by atoms with Gasteiger partial charge in [-0.3, -0.25) is 0 Å². The van der Waals surface area contributed by atoms with Gasteiger partial charge in [-0.1, -0.05) is 90.5 Å². The molecule has 160 valence electrons. The number of nitrogens with zero attached hydrogens (tertiary/aromatic N) is 1. The Balaban J connectivity index is 1.56. The number of unbranched alkanes of at least 4 members (excludes halogenated alkanes) is 11. The van der Waals surface area contributed by atoms with Gasteiger partial charge >= 0.3 is 0 Å². The lowest BCUT2D eigenvalue weighted by Gasteiger charge is -2.12. The Morgan fingerprint density at radius 1 is 0.821 bits per heavy atom. The Bertz CT molecular complexity index is 559. The third kappa shape index (κ3) is 8.81. The highest BCUT2D eigenvalue weighted by atomic mass is 31.2. The molecule has 1 aromatic rings. The molecule has 2 heterocycles. The maximum atomic E-state index is 12.6. The summed E-state index contributed by atoms with van der Waals surface area (Å²) in [7, 11) is -1.76. The Morgan fingerprint density at radius 2 is 1.36 bits per heavy atom. The maximum absolute atomic E-state index is 12.6. The summed E-state index contributed by atoms with van der Waals surface area (Å²) in [6.07, 6.45) is 25.5. The molecule has 3 atom stereocenters. The molecule has 0 spiro atoms. The van der Waals surface area contributed by atoms with E-state index in [1.165, 1.54) is 83.5 Å². The maximum Gasteiger partial charge on any atom is 0.169 e. The van der Waals surface area contributed by atoms with Crippen molar-refractivity contribution < 1.29 is 9.13 Å². The average Bonchev–Trinajstić information content (AvgIpc) is 3.38. The molecule has 1 saturated heterocycles. The Kier molecular flexibility index (Phi) is 11.5. The van der Waals surface area contributed by atoms with Crippen LogP contribution in [-0.2, 0) is 4.57 Å². The number of hydrogen-bond donors (Lipinski definition) is 0. The van der Waals surface area contributed by atoms with E-state index in [1.54, 1.807) is 0 Å². The molecule has 3 unspecified atom stereocenters. The van der Waals surface area contributed by atoms with Crippen LogP contribution in [0.2, 0.25) is 0 Å². The van der Waals surface area contributed by atoms with E-state index in [4.69, 9.17) is 0 Å². The SMILES string of the molecule is CCCCCCCCCCCCCCC(CC1CP1(=O)CC)[n+]1ccccc1. The van der Waals surface area contributed by atoms with Gasteiger partial charge in [0.25, 0.3) is 0 Å². The van der Waals surface area contributed by atoms with Gasteiger partial charge in [0.15, 0.2) is 18.4 Å². The van der Waals surface area contributed by atoms with E-state index in [2.05, 4.69) is 49.0 Å². The summed E-state index contributed by atoms with van der Waals surface area (Å²) in [4.78, 5) is 0. The van der Waals surface area contributed by atoms with Crippen molar-refractivity contribution in [2.75, 3.05) is 12.3 Å². The summed E-state index contributed by atoms with van der Waals surface area (Å²) in [5, 5.41) is 0. The largest absolute Gasteiger partial charge is 0.323 e. The standard InChI is InChI=1S/C25H45NOP/c1-3-5-6-7-8-9-10-11-12-13-14-16-19-24(26-20-17-15-18-21-26)22-25-23-28(25,27)4-2/h15,17-18,20-21,24-25H,3-14,16,19,22-23H2,1-2H3/q+1. The first-order chi connectivity index (χ1) is 13.7. The van der Waals surface area contributed by atoms with Crippen LogP contribution < -0.4 is 4.57 Å². The fourth-order valence-corrected chi connectivity index (χ4v) is 7.26. The topological polar surface area (TPSA) is 20.9 Å². The van der Waals surface area contributed by atoms with Gasteiger partial charge in [-0.2, -0.15) is 0 Å². The van der Waals surface area contributed by atoms with E-state index in [0.717, 1.165) is 18.7 Å². The summed E-state index contributed by atoms with van der Waals surface area (Å²) in [6.45, 7) is 4.40. The zero-order valence-corrected chi connectivity index (χ0v) is 19.6. The van der Waals surface area contributed by atoms with E-state index >= 15 is 0 Å². The molecular weight excluding hydrogens is 361 g/mol. The molecule has 1 aromatic heterocycles. The normalized spacial score (nSPS) is 22.3. The van der Waals surface area contributed by atoms with Crippen molar-refractivity contribution in [3.05, 3.63) is 30.6 Å². The lowest BCUT2D eigenvalue weighted by molar-refractivity contribution is -0.724. The van der Waals surface area contributed by atoms with Crippen molar-refractivity contribution in [2.45, 2.75) is 115 Å². The van der Waals surface area contributed by atoms with E-state index in [-0.39, 0.29) is 0 Å². The molecule has 0 saturated carbocycles. The minimum Gasteiger partial charge on any atom is -0.323 e. The fourth-order valence-electron chi connectivity index (χ4n) is 4.54. The quantitative estimate of drug-likeness (QED) is 0.147. The van der Waals surface area contributed by atoms with Crippen LogP contribution in [0.3, 0.4) is 0 Å². The van der Waals surface area contributed by atoms with Gasteiger partial charge in [-0.15, -0.1) is 0 Å². The van der Waals surface area contributed by atoms with Gasteiger partial charge in [-0.05, 0) is 12.6 Å². The Morgan fingerprint density at radius 3 is 1.86 bits per heavy atom. The molecule has 0 N–H and O–H groups in total. The smallest absolute Gasteiger partial charge is 0.169 e. The van der Waals surface area contributed by atoms with Gasteiger partial charge in [-0.25, -0.2) is 4.57 Å². The summed E-state index contributed by atoms with van der Waals surface area (Å²) in [6, 6.07) is 6.88. The lowest BCUT2D eigenvalue weighted by atomic mass is 10.0. The van der Waals surface area contributed by atoms with Crippen molar-refractivity contribution in [1.29, 1.82) is 0 Å². The Labute approximate surface area is 174 Å². The summed E-state index contributed by atoms with van der Waals surface area (Å²) >= 11 is 0. The molecule has 0 bridgehead atoms. The van der Waals surface area contributed by atoms with E-state index in [0.29, 0.717) is 11.7 Å². The minimum atomic E-state index is -1.76. The lowest BCUT2D eigenvalue weighted by Crippen LogP contribution is -2.39. The van der Waals surface area contributed by atoms with Gasteiger partial charge in [0.1, 0.15) is 0 Å². The number of rotatable bonds is 17. The van der Waals surface area contributed by atoms with Crippen LogP contribution in [0.25, 0.3) is 0 Å². The molecule has 0 aromatic carbocycles. The van der Waals surface area contributed by atoms with Crippen LogP contribution in [-0.4, -0.2) is 18.0 Å². The first-order valence-corrected chi connectivity index (χ1v) is 14.4. The highest BCUT2D eigenvalue weighted by Gasteiger charge is 2.49. The second-order valence-corrected chi connectivity index (χ2v) is 12.6. The van der Waals surface area contributed by atoms with Crippen molar-refractivity contribution in [1.82, 2.24) is 0 Å². The molecule has 0 amide bonds. The highest BCUT2D eigenvalue weighted by molar-refractivity contribution is 7.72. The second kappa shape index (κ2) is 13.6. The second-order valence-electron chi connectivity index (χ2n) is 8.99. The molecule has 1 aliphatic rings.